The molecule has 0 aliphatic heterocycles. The molecule has 1 atom stereocenters. The van der Waals surface area contributed by atoms with Crippen LogP contribution in [0.25, 0.3) is 0 Å². The van der Waals surface area contributed by atoms with E-state index in [0.717, 1.165) is 25.9 Å². The highest BCUT2D eigenvalue weighted by Gasteiger charge is 2.40. The van der Waals surface area contributed by atoms with Crippen molar-refractivity contribution in [2.24, 2.45) is 5.84 Å². The molecule has 0 radical (unpaired) electrons. The first-order valence-corrected chi connectivity index (χ1v) is 7.87. The summed E-state index contributed by atoms with van der Waals surface area (Å²) in [4.78, 5) is 2.54. The van der Waals surface area contributed by atoms with Crippen LogP contribution >= 0.6 is 0 Å². The van der Waals surface area contributed by atoms with Gasteiger partial charge in [0.15, 0.2) is 0 Å². The van der Waals surface area contributed by atoms with Crippen LogP contribution in [0.5, 0.6) is 0 Å². The Morgan fingerprint density at radius 3 is 2.15 bits per heavy atom. The van der Waals surface area contributed by atoms with E-state index in [-0.39, 0.29) is 11.6 Å². The Hall–Kier alpha value is -0.900. The molecule has 0 saturated carbocycles. The lowest BCUT2D eigenvalue weighted by Gasteiger charge is -2.48. The van der Waals surface area contributed by atoms with E-state index in [4.69, 9.17) is 5.84 Å². The van der Waals surface area contributed by atoms with Gasteiger partial charge in [0.25, 0.3) is 0 Å². The second-order valence-corrected chi connectivity index (χ2v) is 5.50. The van der Waals surface area contributed by atoms with Gasteiger partial charge in [0, 0.05) is 5.54 Å². The van der Waals surface area contributed by atoms with Gasteiger partial charge in [-0.2, -0.15) is 0 Å². The average molecular weight is 277 g/mol. The number of nitrogens with two attached hydrogens (primary N) is 1. The molecule has 0 bridgehead atoms. The first kappa shape index (κ1) is 17.2. The van der Waals surface area contributed by atoms with E-state index in [1.165, 1.54) is 11.1 Å². The minimum atomic E-state index is 0.0616. The summed E-state index contributed by atoms with van der Waals surface area (Å²) in [6.45, 7) is 13.2. The van der Waals surface area contributed by atoms with Crippen molar-refractivity contribution in [3.63, 3.8) is 0 Å². The lowest BCUT2D eigenvalue weighted by atomic mass is 9.79. The van der Waals surface area contributed by atoms with Crippen molar-refractivity contribution in [2.45, 2.75) is 59.0 Å². The van der Waals surface area contributed by atoms with Gasteiger partial charge >= 0.3 is 0 Å². The second kappa shape index (κ2) is 7.77. The zero-order chi connectivity index (χ0) is 15.2. The van der Waals surface area contributed by atoms with E-state index in [0.29, 0.717) is 0 Å². The van der Waals surface area contributed by atoms with Crippen molar-refractivity contribution in [2.75, 3.05) is 13.1 Å². The van der Waals surface area contributed by atoms with E-state index in [9.17, 15) is 0 Å². The zero-order valence-corrected chi connectivity index (χ0v) is 13.7. The van der Waals surface area contributed by atoms with Gasteiger partial charge in [-0.3, -0.25) is 16.2 Å². The Morgan fingerprint density at radius 1 is 1.15 bits per heavy atom. The molecule has 0 heterocycles. The van der Waals surface area contributed by atoms with Crippen molar-refractivity contribution < 1.29 is 0 Å². The van der Waals surface area contributed by atoms with Gasteiger partial charge in [-0.15, -0.1) is 0 Å². The topological polar surface area (TPSA) is 41.3 Å². The quantitative estimate of drug-likeness (QED) is 0.565. The molecule has 114 valence electrons. The smallest absolute Gasteiger partial charge is 0.0643 e. The number of aryl methyl sites for hydroxylation is 1. The maximum absolute atomic E-state index is 5.96. The summed E-state index contributed by atoms with van der Waals surface area (Å²) in [5, 5.41) is 0. The molecule has 0 spiro atoms. The number of hydrogen-bond donors (Lipinski definition) is 2. The lowest BCUT2D eigenvalue weighted by molar-refractivity contribution is 0.0487. The molecular formula is C17H31N3. The summed E-state index contributed by atoms with van der Waals surface area (Å²) < 4.78 is 0. The van der Waals surface area contributed by atoms with Gasteiger partial charge < -0.3 is 0 Å². The molecule has 20 heavy (non-hydrogen) atoms. The maximum Gasteiger partial charge on any atom is 0.0643 e. The van der Waals surface area contributed by atoms with Crippen LogP contribution in [0, 0.1) is 6.92 Å². The standard InChI is InChI=1S/C17H31N3/c1-6-17(7-2,20(8-3)9-4)16(19-18)15-12-10-11-14(5)13-15/h10-13,16,19H,6-9,18H2,1-5H3. The van der Waals surface area contributed by atoms with Gasteiger partial charge in [-0.25, -0.2) is 0 Å². The van der Waals surface area contributed by atoms with Gasteiger partial charge in [0.1, 0.15) is 0 Å². The average Bonchev–Trinajstić information content (AvgIpc) is 2.47. The number of hydrazine groups is 1. The molecule has 1 rings (SSSR count). The Morgan fingerprint density at radius 2 is 1.75 bits per heavy atom. The minimum Gasteiger partial charge on any atom is -0.296 e. The van der Waals surface area contributed by atoms with Crippen LogP contribution in [0.2, 0.25) is 0 Å². The largest absolute Gasteiger partial charge is 0.296 e. The molecule has 0 aromatic heterocycles. The Labute approximate surface area is 124 Å². The van der Waals surface area contributed by atoms with E-state index in [1.54, 1.807) is 0 Å². The van der Waals surface area contributed by atoms with Gasteiger partial charge in [-0.1, -0.05) is 57.5 Å². The molecule has 1 aromatic rings. The van der Waals surface area contributed by atoms with Gasteiger partial charge in [-0.05, 0) is 38.4 Å². The number of benzene rings is 1. The first-order chi connectivity index (χ1) is 9.59. The van der Waals surface area contributed by atoms with Crippen LogP contribution in [0.15, 0.2) is 24.3 Å². The normalized spacial score (nSPS) is 13.8. The Balaban J connectivity index is 3.28. The van der Waals surface area contributed by atoms with Crippen LogP contribution in [0.3, 0.4) is 0 Å². The molecular weight excluding hydrogens is 246 g/mol. The molecule has 1 aromatic carbocycles. The molecule has 0 aliphatic rings. The monoisotopic (exact) mass is 277 g/mol. The van der Waals surface area contributed by atoms with Crippen LogP contribution in [0.1, 0.15) is 57.7 Å². The fourth-order valence-corrected chi connectivity index (χ4v) is 3.55. The first-order valence-electron chi connectivity index (χ1n) is 7.87. The van der Waals surface area contributed by atoms with Crippen LogP contribution in [-0.2, 0) is 0 Å². The number of hydrogen-bond acceptors (Lipinski definition) is 3. The summed E-state index contributed by atoms with van der Waals surface area (Å²) in [6, 6.07) is 8.83. The van der Waals surface area contributed by atoms with Crippen molar-refractivity contribution in [1.82, 2.24) is 10.3 Å². The lowest BCUT2D eigenvalue weighted by Crippen LogP contribution is -2.57. The molecule has 0 amide bonds. The summed E-state index contributed by atoms with van der Waals surface area (Å²) in [5.41, 5.74) is 5.72. The third-order valence-electron chi connectivity index (χ3n) is 4.70. The van der Waals surface area contributed by atoms with E-state index in [1.807, 2.05) is 0 Å². The zero-order valence-electron chi connectivity index (χ0n) is 13.7. The Kier molecular flexibility index (Phi) is 6.66. The SMILES string of the molecule is CCN(CC)C(CC)(CC)C(NN)c1cccc(C)c1. The van der Waals surface area contributed by atoms with Crippen LogP contribution < -0.4 is 11.3 Å². The number of nitrogens with zero attached hydrogens (tertiary/aromatic N) is 1. The molecule has 0 saturated heterocycles. The fraction of sp³-hybridized carbons (Fsp3) is 0.647. The number of likely N-dealkylation sites (N-methyl/N-ethyl adjacent to an activating group) is 1. The van der Waals surface area contributed by atoms with E-state index >= 15 is 0 Å². The fourth-order valence-electron chi connectivity index (χ4n) is 3.55. The van der Waals surface area contributed by atoms with Crippen molar-refractivity contribution in [3.05, 3.63) is 35.4 Å². The van der Waals surface area contributed by atoms with Crippen molar-refractivity contribution in [3.8, 4) is 0 Å². The van der Waals surface area contributed by atoms with Gasteiger partial charge in [0.2, 0.25) is 0 Å². The van der Waals surface area contributed by atoms with E-state index in [2.05, 4.69) is 69.2 Å². The molecule has 0 aliphatic carbocycles. The third-order valence-corrected chi connectivity index (χ3v) is 4.70. The van der Waals surface area contributed by atoms with Crippen molar-refractivity contribution >= 4 is 0 Å². The second-order valence-electron chi connectivity index (χ2n) is 5.50. The van der Waals surface area contributed by atoms with Gasteiger partial charge in [0.05, 0.1) is 6.04 Å². The van der Waals surface area contributed by atoms with Crippen LogP contribution in [0.4, 0.5) is 0 Å². The summed E-state index contributed by atoms with van der Waals surface area (Å²) in [7, 11) is 0. The molecule has 1 unspecified atom stereocenters. The highest BCUT2D eigenvalue weighted by molar-refractivity contribution is 5.28. The highest BCUT2D eigenvalue weighted by atomic mass is 15.3. The summed E-state index contributed by atoms with van der Waals surface area (Å²) in [5.74, 6) is 5.96. The third kappa shape index (κ3) is 3.22. The predicted molar refractivity (Wildman–Crippen MR) is 87.5 cm³/mol. The number of rotatable bonds is 8. The predicted octanol–water partition coefficient (Wildman–Crippen LogP) is 3.40. The molecule has 3 heteroatoms. The molecule has 3 nitrogen and oxygen atoms in total. The highest BCUT2D eigenvalue weighted by Crippen LogP contribution is 2.37. The van der Waals surface area contributed by atoms with Crippen molar-refractivity contribution in [1.29, 1.82) is 0 Å². The maximum atomic E-state index is 5.96. The number of nitrogens with one attached hydrogen (secondary N) is 1. The summed E-state index contributed by atoms with van der Waals surface area (Å²) >= 11 is 0. The Bertz CT molecular complexity index is 395. The molecule has 3 N–H and O–H groups in total. The minimum absolute atomic E-state index is 0.0616. The van der Waals surface area contributed by atoms with Crippen LogP contribution in [-0.4, -0.2) is 23.5 Å². The van der Waals surface area contributed by atoms with E-state index < -0.39 is 0 Å². The summed E-state index contributed by atoms with van der Waals surface area (Å²) in [6.07, 6.45) is 2.15. The molecule has 0 fully saturated rings.